The number of hydrogen-bond donors (Lipinski definition) is 0. The Morgan fingerprint density at radius 1 is 1.08 bits per heavy atom. The topological polar surface area (TPSA) is 60.7 Å². The monoisotopic (exact) mass is 543 g/mol. The van der Waals surface area contributed by atoms with Gasteiger partial charge in [-0.1, -0.05) is 23.5 Å². The first-order valence-electron chi connectivity index (χ1n) is 13.2. The van der Waals surface area contributed by atoms with Crippen LogP contribution in [0.15, 0.2) is 47.2 Å². The Balaban J connectivity index is 1.03. The van der Waals surface area contributed by atoms with Crippen LogP contribution in [0.1, 0.15) is 37.1 Å². The Morgan fingerprint density at radius 3 is 2.70 bits per heavy atom. The lowest BCUT2D eigenvalue weighted by Gasteiger charge is -2.37. The molecule has 3 aliphatic heterocycles. The molecule has 0 aliphatic carbocycles. The highest BCUT2D eigenvalue weighted by Gasteiger charge is 2.32. The minimum atomic E-state index is -1.17. The SMILES string of the molecule is CC(c1ccc(F)cc1)n1cncc1CN1CCN(S(=O)c2cnc(N3CCN4CCCC4C3)s2)CC1. The minimum absolute atomic E-state index is 0.0732. The quantitative estimate of drug-likeness (QED) is 0.456. The van der Waals surface area contributed by atoms with Crippen LogP contribution in [0.5, 0.6) is 0 Å². The molecule has 1 aromatic carbocycles. The van der Waals surface area contributed by atoms with Gasteiger partial charge in [-0.05, 0) is 44.0 Å². The predicted octanol–water partition coefficient (Wildman–Crippen LogP) is 3.21. The van der Waals surface area contributed by atoms with Gasteiger partial charge in [0.1, 0.15) is 21.0 Å². The zero-order valence-electron chi connectivity index (χ0n) is 21.2. The minimum Gasteiger partial charge on any atom is -0.345 e. The molecule has 198 valence electrons. The highest BCUT2D eigenvalue weighted by molar-refractivity contribution is 7.85. The molecule has 3 aromatic rings. The molecule has 0 amide bonds. The summed E-state index contributed by atoms with van der Waals surface area (Å²) in [6, 6.07) is 7.39. The van der Waals surface area contributed by atoms with E-state index in [9.17, 15) is 8.60 Å². The number of aromatic nitrogens is 3. The van der Waals surface area contributed by atoms with E-state index < -0.39 is 11.0 Å². The Morgan fingerprint density at radius 2 is 1.89 bits per heavy atom. The van der Waals surface area contributed by atoms with Crippen LogP contribution in [0.4, 0.5) is 9.52 Å². The van der Waals surface area contributed by atoms with Crippen molar-refractivity contribution in [3.05, 3.63) is 60.1 Å². The van der Waals surface area contributed by atoms with Crippen LogP contribution >= 0.6 is 11.3 Å². The summed E-state index contributed by atoms with van der Waals surface area (Å²) in [5.41, 5.74) is 2.18. The second-order valence-corrected chi connectivity index (χ2v) is 12.9. The van der Waals surface area contributed by atoms with Gasteiger partial charge in [0.15, 0.2) is 5.13 Å². The molecule has 0 radical (unpaired) electrons. The molecule has 3 aliphatic rings. The molecule has 0 saturated carbocycles. The van der Waals surface area contributed by atoms with E-state index in [1.807, 2.05) is 30.9 Å². The number of nitrogens with zero attached hydrogens (tertiary/aromatic N) is 7. The van der Waals surface area contributed by atoms with Crippen molar-refractivity contribution in [1.82, 2.24) is 28.6 Å². The number of hydrogen-bond acceptors (Lipinski definition) is 7. The van der Waals surface area contributed by atoms with Crippen molar-refractivity contribution in [2.45, 2.75) is 42.6 Å². The molecule has 5 heterocycles. The lowest BCUT2D eigenvalue weighted by molar-refractivity contribution is 0.181. The maximum atomic E-state index is 13.3. The smallest absolute Gasteiger partial charge is 0.186 e. The molecule has 0 bridgehead atoms. The fourth-order valence-corrected chi connectivity index (χ4v) is 8.16. The second-order valence-electron chi connectivity index (χ2n) is 10.2. The molecule has 3 atom stereocenters. The van der Waals surface area contributed by atoms with Gasteiger partial charge in [0.25, 0.3) is 0 Å². The van der Waals surface area contributed by atoms with Gasteiger partial charge < -0.3 is 9.47 Å². The third kappa shape index (κ3) is 5.37. The molecule has 2 aromatic heterocycles. The Hall–Kier alpha value is -2.18. The van der Waals surface area contributed by atoms with Gasteiger partial charge in [-0.2, -0.15) is 0 Å². The van der Waals surface area contributed by atoms with E-state index in [1.165, 1.54) is 31.5 Å². The Kier molecular flexibility index (Phi) is 7.40. The maximum absolute atomic E-state index is 13.3. The summed E-state index contributed by atoms with van der Waals surface area (Å²) in [5.74, 6) is -0.224. The van der Waals surface area contributed by atoms with Crippen molar-refractivity contribution in [3.63, 3.8) is 0 Å². The van der Waals surface area contributed by atoms with Crippen molar-refractivity contribution in [1.29, 1.82) is 0 Å². The predicted molar refractivity (Wildman–Crippen MR) is 145 cm³/mol. The van der Waals surface area contributed by atoms with Crippen molar-refractivity contribution in [2.75, 3.05) is 57.3 Å². The Labute approximate surface area is 224 Å². The molecule has 0 spiro atoms. The number of rotatable bonds is 7. The third-order valence-corrected chi connectivity index (χ3v) is 10.8. The fraction of sp³-hybridized carbons (Fsp3) is 0.538. The normalized spacial score (nSPS) is 23.3. The van der Waals surface area contributed by atoms with E-state index in [4.69, 9.17) is 0 Å². The molecule has 3 unspecified atom stereocenters. The van der Waals surface area contributed by atoms with Crippen molar-refractivity contribution in [2.24, 2.45) is 0 Å². The van der Waals surface area contributed by atoms with Gasteiger partial charge in [0, 0.05) is 64.6 Å². The lowest BCUT2D eigenvalue weighted by Crippen LogP contribution is -2.50. The van der Waals surface area contributed by atoms with E-state index in [0.29, 0.717) is 6.04 Å². The number of halogens is 1. The summed E-state index contributed by atoms with van der Waals surface area (Å²) >= 11 is 1.59. The summed E-state index contributed by atoms with van der Waals surface area (Å²) in [7, 11) is -1.17. The van der Waals surface area contributed by atoms with E-state index in [2.05, 4.69) is 40.5 Å². The van der Waals surface area contributed by atoms with Crippen LogP contribution in [0, 0.1) is 5.82 Å². The van der Waals surface area contributed by atoms with Gasteiger partial charge in [-0.3, -0.25) is 9.80 Å². The molecule has 37 heavy (non-hydrogen) atoms. The molecule has 11 heteroatoms. The number of piperazine rings is 2. The number of anilines is 1. The van der Waals surface area contributed by atoms with Gasteiger partial charge >= 0.3 is 0 Å². The molecule has 0 N–H and O–H groups in total. The van der Waals surface area contributed by atoms with E-state index in [1.54, 1.807) is 11.3 Å². The molecule has 8 nitrogen and oxygen atoms in total. The summed E-state index contributed by atoms with van der Waals surface area (Å²) in [4.78, 5) is 16.4. The van der Waals surface area contributed by atoms with E-state index in [-0.39, 0.29) is 11.9 Å². The summed E-state index contributed by atoms with van der Waals surface area (Å²) < 4.78 is 31.8. The standard InChI is InChI=1S/C26H34FN7OS2/c1-20(21-4-6-22(27)7-5-21)34-19-28-15-24(34)17-30-9-13-33(14-10-30)37(35)25-16-29-26(36-25)32-12-11-31-8-2-3-23(31)18-32/h4-7,15-16,19-20,23H,2-3,8-14,17-18H2,1H3. The average Bonchev–Trinajstić information content (AvgIpc) is 3.69. The summed E-state index contributed by atoms with van der Waals surface area (Å²) in [6.45, 7) is 10.5. The number of benzene rings is 1. The maximum Gasteiger partial charge on any atom is 0.186 e. The van der Waals surface area contributed by atoms with Gasteiger partial charge in [-0.25, -0.2) is 22.9 Å². The third-order valence-electron chi connectivity index (χ3n) is 7.97. The number of fused-ring (bicyclic) bond motifs is 1. The summed E-state index contributed by atoms with van der Waals surface area (Å²) in [5, 5.41) is 1.01. The molecule has 6 rings (SSSR count). The second kappa shape index (κ2) is 10.9. The first-order chi connectivity index (χ1) is 18.0. The van der Waals surface area contributed by atoms with E-state index >= 15 is 0 Å². The first kappa shape index (κ1) is 25.1. The zero-order chi connectivity index (χ0) is 25.4. The molecular weight excluding hydrogens is 509 g/mol. The Bertz CT molecular complexity index is 1220. The van der Waals surface area contributed by atoms with Crippen LogP contribution < -0.4 is 4.90 Å². The van der Waals surface area contributed by atoms with Crippen LogP contribution in [-0.2, 0) is 17.5 Å². The van der Waals surface area contributed by atoms with Gasteiger partial charge in [0.2, 0.25) is 0 Å². The zero-order valence-corrected chi connectivity index (χ0v) is 22.8. The van der Waals surface area contributed by atoms with Gasteiger partial charge in [0.05, 0.1) is 24.3 Å². The van der Waals surface area contributed by atoms with Crippen LogP contribution in [0.25, 0.3) is 0 Å². The average molecular weight is 544 g/mol. The summed E-state index contributed by atoms with van der Waals surface area (Å²) in [6.07, 6.45) is 8.15. The van der Waals surface area contributed by atoms with Crippen LogP contribution in [0.3, 0.4) is 0 Å². The van der Waals surface area contributed by atoms with Gasteiger partial charge in [-0.15, -0.1) is 0 Å². The molecule has 3 fully saturated rings. The van der Waals surface area contributed by atoms with Crippen molar-refractivity contribution in [3.8, 4) is 0 Å². The van der Waals surface area contributed by atoms with Crippen molar-refractivity contribution < 1.29 is 8.60 Å². The van der Waals surface area contributed by atoms with E-state index in [0.717, 1.165) is 73.0 Å². The number of thiazole rings is 1. The highest BCUT2D eigenvalue weighted by Crippen LogP contribution is 2.31. The van der Waals surface area contributed by atoms with Crippen LogP contribution in [-0.4, -0.2) is 91.2 Å². The molecular formula is C26H34FN7OS2. The first-order valence-corrected chi connectivity index (χ1v) is 15.1. The largest absolute Gasteiger partial charge is 0.345 e. The number of imidazole rings is 1. The van der Waals surface area contributed by atoms with Crippen molar-refractivity contribution >= 4 is 27.5 Å². The lowest BCUT2D eigenvalue weighted by atomic mass is 10.1. The highest BCUT2D eigenvalue weighted by atomic mass is 32.2. The van der Waals surface area contributed by atoms with Crippen LogP contribution in [0.2, 0.25) is 0 Å². The molecule has 3 saturated heterocycles. The fourth-order valence-electron chi connectivity index (χ4n) is 5.76.